The summed E-state index contributed by atoms with van der Waals surface area (Å²) in [5.74, 6) is 1.45. The molecule has 29 heavy (non-hydrogen) atoms. The topological polar surface area (TPSA) is 55.2 Å². The smallest absolute Gasteiger partial charge is 0.216 e. The first kappa shape index (κ1) is 19.3. The molecule has 0 amide bonds. The number of rotatable bonds is 6. The largest absolute Gasteiger partial charge is 0.489 e. The minimum Gasteiger partial charge on any atom is -0.489 e. The SMILES string of the molecule is S=c1[nH]nc(-c2ccccc2Br)n1/N=C/c1ccc(OCc2ccccc2)cc1. The van der Waals surface area contributed by atoms with E-state index in [0.717, 1.165) is 26.9 Å². The number of benzene rings is 3. The number of nitrogens with zero attached hydrogens (tertiary/aromatic N) is 3. The summed E-state index contributed by atoms with van der Waals surface area (Å²) in [6, 6.07) is 25.6. The first-order chi connectivity index (χ1) is 14.2. The number of H-pyrrole nitrogens is 1. The van der Waals surface area contributed by atoms with Crippen LogP contribution in [-0.4, -0.2) is 21.1 Å². The van der Waals surface area contributed by atoms with Gasteiger partial charge in [-0.1, -0.05) is 58.4 Å². The summed E-state index contributed by atoms with van der Waals surface area (Å²) in [6.45, 7) is 0.535. The number of hydrogen-bond acceptors (Lipinski definition) is 4. The zero-order valence-electron chi connectivity index (χ0n) is 15.3. The molecule has 4 rings (SSSR count). The van der Waals surface area contributed by atoms with Crippen molar-refractivity contribution in [3.05, 3.63) is 99.2 Å². The van der Waals surface area contributed by atoms with E-state index in [1.165, 1.54) is 0 Å². The van der Waals surface area contributed by atoms with Crippen LogP contribution >= 0.6 is 28.1 Å². The van der Waals surface area contributed by atoms with Gasteiger partial charge in [-0.15, -0.1) is 0 Å². The summed E-state index contributed by atoms with van der Waals surface area (Å²) in [7, 11) is 0. The molecule has 0 aliphatic rings. The Morgan fingerprint density at radius 3 is 2.48 bits per heavy atom. The van der Waals surface area contributed by atoms with Crippen molar-refractivity contribution in [2.45, 2.75) is 6.61 Å². The van der Waals surface area contributed by atoms with Crippen LogP contribution in [0.4, 0.5) is 0 Å². The van der Waals surface area contributed by atoms with E-state index < -0.39 is 0 Å². The second-order valence-electron chi connectivity index (χ2n) is 6.23. The lowest BCUT2D eigenvalue weighted by Crippen LogP contribution is -1.96. The maximum atomic E-state index is 5.82. The lowest BCUT2D eigenvalue weighted by atomic mass is 10.2. The standard InChI is InChI=1S/C22H17BrN4OS/c23-20-9-5-4-8-19(20)21-25-26-22(29)27(21)24-14-16-10-12-18(13-11-16)28-15-17-6-2-1-3-7-17/h1-14H,15H2,(H,26,29)/b24-14+. The van der Waals surface area contributed by atoms with Crippen molar-refractivity contribution in [2.24, 2.45) is 5.10 Å². The number of ether oxygens (including phenoxy) is 1. The molecule has 0 atom stereocenters. The Kier molecular flexibility index (Phi) is 5.97. The van der Waals surface area contributed by atoms with Crippen LogP contribution in [0.25, 0.3) is 11.4 Å². The molecule has 5 nitrogen and oxygen atoms in total. The summed E-state index contributed by atoms with van der Waals surface area (Å²) in [4.78, 5) is 0. The normalized spacial score (nSPS) is 11.1. The van der Waals surface area contributed by atoms with Crippen LogP contribution in [0.1, 0.15) is 11.1 Å². The lowest BCUT2D eigenvalue weighted by molar-refractivity contribution is 0.306. The first-order valence-corrected chi connectivity index (χ1v) is 10.1. The number of aromatic nitrogens is 3. The zero-order valence-corrected chi connectivity index (χ0v) is 17.7. The molecule has 0 aliphatic heterocycles. The molecule has 0 unspecified atom stereocenters. The average Bonchev–Trinajstić information content (AvgIpc) is 3.13. The number of halogens is 1. The van der Waals surface area contributed by atoms with E-state index in [1.807, 2.05) is 78.9 Å². The van der Waals surface area contributed by atoms with E-state index in [9.17, 15) is 0 Å². The summed E-state index contributed by atoms with van der Waals surface area (Å²) < 4.78 is 8.77. The number of nitrogens with one attached hydrogen (secondary N) is 1. The highest BCUT2D eigenvalue weighted by Gasteiger charge is 2.10. The van der Waals surface area contributed by atoms with E-state index in [0.29, 0.717) is 17.2 Å². The van der Waals surface area contributed by atoms with E-state index in [2.05, 4.69) is 31.2 Å². The third-order valence-electron chi connectivity index (χ3n) is 4.22. The van der Waals surface area contributed by atoms with Crippen LogP contribution in [-0.2, 0) is 6.61 Å². The zero-order chi connectivity index (χ0) is 20.1. The molecule has 0 bridgehead atoms. The summed E-state index contributed by atoms with van der Waals surface area (Å²) in [5.41, 5.74) is 2.96. The Bertz CT molecular complexity index is 1180. The van der Waals surface area contributed by atoms with Crippen molar-refractivity contribution in [1.82, 2.24) is 14.9 Å². The molecule has 0 fully saturated rings. The van der Waals surface area contributed by atoms with Gasteiger partial charge in [0, 0.05) is 10.0 Å². The molecule has 0 aliphatic carbocycles. The van der Waals surface area contributed by atoms with Gasteiger partial charge in [0.1, 0.15) is 12.4 Å². The molecule has 1 heterocycles. The average molecular weight is 465 g/mol. The van der Waals surface area contributed by atoms with Gasteiger partial charge < -0.3 is 4.74 Å². The van der Waals surface area contributed by atoms with Crippen LogP contribution in [0.5, 0.6) is 5.75 Å². The predicted octanol–water partition coefficient (Wildman–Crippen LogP) is 5.83. The van der Waals surface area contributed by atoms with Gasteiger partial charge in [-0.2, -0.15) is 14.9 Å². The third kappa shape index (κ3) is 4.70. The van der Waals surface area contributed by atoms with E-state index in [1.54, 1.807) is 10.9 Å². The van der Waals surface area contributed by atoms with E-state index in [-0.39, 0.29) is 0 Å². The monoisotopic (exact) mass is 464 g/mol. The lowest BCUT2D eigenvalue weighted by Gasteiger charge is -2.06. The Morgan fingerprint density at radius 1 is 1.00 bits per heavy atom. The molecule has 0 saturated heterocycles. The van der Waals surface area contributed by atoms with Gasteiger partial charge in [-0.05, 0) is 59.7 Å². The van der Waals surface area contributed by atoms with Crippen LogP contribution in [0.3, 0.4) is 0 Å². The second-order valence-corrected chi connectivity index (χ2v) is 7.47. The molecule has 0 radical (unpaired) electrons. The third-order valence-corrected chi connectivity index (χ3v) is 5.17. The van der Waals surface area contributed by atoms with Crippen molar-refractivity contribution < 1.29 is 4.74 Å². The number of hydrogen-bond donors (Lipinski definition) is 1. The molecular weight excluding hydrogens is 448 g/mol. The summed E-state index contributed by atoms with van der Waals surface area (Å²) in [6.07, 6.45) is 1.74. The molecule has 0 spiro atoms. The highest BCUT2D eigenvalue weighted by Crippen LogP contribution is 2.26. The van der Waals surface area contributed by atoms with E-state index in [4.69, 9.17) is 17.0 Å². The number of aromatic amines is 1. The van der Waals surface area contributed by atoms with Gasteiger partial charge in [-0.3, -0.25) is 0 Å². The molecule has 3 aromatic carbocycles. The van der Waals surface area contributed by atoms with Gasteiger partial charge in [0.05, 0.1) is 6.21 Å². The molecule has 1 N–H and O–H groups in total. The molecular formula is C22H17BrN4OS. The summed E-state index contributed by atoms with van der Waals surface area (Å²) in [5, 5.41) is 11.6. The van der Waals surface area contributed by atoms with Crippen molar-refractivity contribution in [3.63, 3.8) is 0 Å². The first-order valence-electron chi connectivity index (χ1n) is 8.94. The predicted molar refractivity (Wildman–Crippen MR) is 121 cm³/mol. The molecule has 0 saturated carbocycles. The minimum absolute atomic E-state index is 0.426. The van der Waals surface area contributed by atoms with Crippen LogP contribution in [0, 0.1) is 4.77 Å². The van der Waals surface area contributed by atoms with Gasteiger partial charge in [0.2, 0.25) is 4.77 Å². The summed E-state index contributed by atoms with van der Waals surface area (Å²) >= 11 is 8.87. The maximum Gasteiger partial charge on any atom is 0.216 e. The van der Waals surface area contributed by atoms with E-state index >= 15 is 0 Å². The van der Waals surface area contributed by atoms with Gasteiger partial charge in [0.25, 0.3) is 0 Å². The van der Waals surface area contributed by atoms with Crippen LogP contribution < -0.4 is 4.74 Å². The second kappa shape index (κ2) is 8.98. The highest BCUT2D eigenvalue weighted by atomic mass is 79.9. The van der Waals surface area contributed by atoms with Crippen molar-refractivity contribution in [2.75, 3.05) is 0 Å². The fourth-order valence-corrected chi connectivity index (χ4v) is 3.37. The van der Waals surface area contributed by atoms with Crippen LogP contribution in [0.2, 0.25) is 0 Å². The Morgan fingerprint density at radius 2 is 1.72 bits per heavy atom. The molecule has 144 valence electrons. The minimum atomic E-state index is 0.426. The van der Waals surface area contributed by atoms with Crippen LogP contribution in [0.15, 0.2) is 88.4 Å². The highest BCUT2D eigenvalue weighted by molar-refractivity contribution is 9.10. The fourth-order valence-electron chi connectivity index (χ4n) is 2.73. The van der Waals surface area contributed by atoms with Crippen molar-refractivity contribution in [3.8, 4) is 17.1 Å². The molecule has 7 heteroatoms. The molecule has 4 aromatic rings. The van der Waals surface area contributed by atoms with Crippen molar-refractivity contribution >= 4 is 34.4 Å². The fraction of sp³-hybridized carbons (Fsp3) is 0.0455. The quantitative estimate of drug-likeness (QED) is 0.288. The van der Waals surface area contributed by atoms with Gasteiger partial charge >= 0.3 is 0 Å². The van der Waals surface area contributed by atoms with Crippen molar-refractivity contribution in [1.29, 1.82) is 0 Å². The maximum absolute atomic E-state index is 5.82. The van der Waals surface area contributed by atoms with Gasteiger partial charge in [0.15, 0.2) is 5.82 Å². The Labute approximate surface area is 181 Å². The molecule has 1 aromatic heterocycles. The Hall–Kier alpha value is -3.03. The van der Waals surface area contributed by atoms with Gasteiger partial charge in [-0.25, -0.2) is 5.10 Å². The Balaban J connectivity index is 1.49.